The monoisotopic (exact) mass is 116 g/mol. The number of nitrogens with two attached hydrogens (primary N) is 2. The first-order valence-electron chi connectivity index (χ1n) is 2.84. The van der Waals surface area contributed by atoms with Crippen molar-refractivity contribution >= 4 is 0 Å². The average molecular weight is 116 g/mol. The lowest BCUT2D eigenvalue weighted by molar-refractivity contribution is 0.932. The highest BCUT2D eigenvalue weighted by Crippen LogP contribution is 1.57. The van der Waals surface area contributed by atoms with Gasteiger partial charge in [-0.25, -0.2) is 0 Å². The van der Waals surface area contributed by atoms with E-state index in [4.69, 9.17) is 11.5 Å². The van der Waals surface area contributed by atoms with Gasteiger partial charge in [-0.2, -0.15) is 0 Å². The first kappa shape index (κ1) is 10.6. The van der Waals surface area contributed by atoms with E-state index < -0.39 is 0 Å². The van der Waals surface area contributed by atoms with Crippen LogP contribution in [0.25, 0.3) is 0 Å². The molecule has 0 spiro atoms. The lowest BCUT2D eigenvalue weighted by atomic mass is 10.5. The van der Waals surface area contributed by atoms with E-state index >= 15 is 0 Å². The van der Waals surface area contributed by atoms with Gasteiger partial charge >= 0.3 is 0 Å². The van der Waals surface area contributed by atoms with Crippen LogP contribution in [0.15, 0.2) is 12.7 Å². The summed E-state index contributed by atoms with van der Waals surface area (Å²) in [4.78, 5) is 0. The molecule has 0 aromatic heterocycles. The van der Waals surface area contributed by atoms with Crippen molar-refractivity contribution in [1.82, 2.24) is 0 Å². The number of rotatable bonds is 2. The Bertz CT molecular complexity index is 33.5. The van der Waals surface area contributed by atoms with Crippen molar-refractivity contribution in [1.29, 1.82) is 0 Å². The summed E-state index contributed by atoms with van der Waals surface area (Å²) >= 11 is 0. The van der Waals surface area contributed by atoms with Crippen LogP contribution in [0.2, 0.25) is 0 Å². The Morgan fingerprint density at radius 1 is 1.50 bits per heavy atom. The van der Waals surface area contributed by atoms with Gasteiger partial charge in [0.15, 0.2) is 0 Å². The minimum atomic E-state index is 0.583. The molecule has 0 aliphatic heterocycles. The maximum Gasteiger partial charge on any atom is 0.0104 e. The van der Waals surface area contributed by atoms with Gasteiger partial charge in [-0.05, 0) is 13.0 Å². The molecule has 8 heavy (non-hydrogen) atoms. The number of hydrogen-bond acceptors (Lipinski definition) is 2. The fraction of sp³-hybridized carbons (Fsp3) is 0.667. The Morgan fingerprint density at radius 3 is 1.75 bits per heavy atom. The Hall–Kier alpha value is -0.340. The van der Waals surface area contributed by atoms with Gasteiger partial charge in [0.25, 0.3) is 0 Å². The molecule has 0 aromatic rings. The second-order valence-corrected chi connectivity index (χ2v) is 1.31. The van der Waals surface area contributed by atoms with Crippen molar-refractivity contribution in [3.8, 4) is 0 Å². The van der Waals surface area contributed by atoms with E-state index in [0.717, 1.165) is 13.0 Å². The Balaban J connectivity index is 0. The van der Waals surface area contributed by atoms with Gasteiger partial charge in [0, 0.05) is 6.54 Å². The van der Waals surface area contributed by atoms with Gasteiger partial charge in [0.2, 0.25) is 0 Å². The molecule has 0 unspecified atom stereocenters. The molecule has 0 fully saturated rings. The summed E-state index contributed by atoms with van der Waals surface area (Å²) < 4.78 is 0. The van der Waals surface area contributed by atoms with Crippen LogP contribution in [0.1, 0.15) is 13.3 Å². The van der Waals surface area contributed by atoms with E-state index in [0.29, 0.717) is 6.54 Å². The van der Waals surface area contributed by atoms with Crippen LogP contribution >= 0.6 is 0 Å². The summed E-state index contributed by atoms with van der Waals surface area (Å²) in [6, 6.07) is 0. The van der Waals surface area contributed by atoms with Crippen LogP contribution in [0.4, 0.5) is 0 Å². The maximum atomic E-state index is 5.03. The molecule has 0 aliphatic carbocycles. The van der Waals surface area contributed by atoms with Crippen molar-refractivity contribution in [2.24, 2.45) is 11.5 Å². The normalized spacial score (nSPS) is 6.88. The molecule has 0 saturated heterocycles. The van der Waals surface area contributed by atoms with E-state index in [9.17, 15) is 0 Å². The van der Waals surface area contributed by atoms with Gasteiger partial charge in [-0.15, -0.1) is 6.58 Å². The van der Waals surface area contributed by atoms with E-state index in [-0.39, 0.29) is 0 Å². The highest BCUT2D eigenvalue weighted by molar-refractivity contribution is 4.64. The highest BCUT2D eigenvalue weighted by Gasteiger charge is 1.55. The summed E-state index contributed by atoms with van der Waals surface area (Å²) in [5, 5.41) is 0. The van der Waals surface area contributed by atoms with Crippen molar-refractivity contribution in [2.75, 3.05) is 13.1 Å². The molecule has 0 aromatic carbocycles. The molecule has 0 rings (SSSR count). The smallest absolute Gasteiger partial charge is 0.0104 e. The third-order valence-electron chi connectivity index (χ3n) is 0.455. The SMILES string of the molecule is C=CCN.CCCN. The standard InChI is InChI=1S/C3H9N.C3H7N/c2*1-2-3-4/h2-4H2,1H3;2H,1,3-4H2. The minimum Gasteiger partial charge on any atom is -0.330 e. The summed E-state index contributed by atoms with van der Waals surface area (Å²) in [5.41, 5.74) is 9.94. The van der Waals surface area contributed by atoms with Gasteiger partial charge in [-0.3, -0.25) is 0 Å². The van der Waals surface area contributed by atoms with E-state index in [1.54, 1.807) is 6.08 Å². The van der Waals surface area contributed by atoms with Crippen LogP contribution in [-0.2, 0) is 0 Å². The zero-order valence-corrected chi connectivity index (χ0v) is 5.56. The van der Waals surface area contributed by atoms with Crippen LogP contribution in [-0.4, -0.2) is 13.1 Å². The second kappa shape index (κ2) is 15.9. The van der Waals surface area contributed by atoms with E-state index in [2.05, 4.69) is 13.5 Å². The topological polar surface area (TPSA) is 52.0 Å². The van der Waals surface area contributed by atoms with Crippen molar-refractivity contribution in [3.63, 3.8) is 0 Å². The molecular formula is C6H16N2. The fourth-order valence-corrected chi connectivity index (χ4v) is 0. The predicted molar refractivity (Wildman–Crippen MR) is 38.6 cm³/mol. The van der Waals surface area contributed by atoms with E-state index in [1.165, 1.54) is 0 Å². The van der Waals surface area contributed by atoms with E-state index in [1.807, 2.05) is 0 Å². The first-order chi connectivity index (χ1) is 3.83. The van der Waals surface area contributed by atoms with Gasteiger partial charge < -0.3 is 11.5 Å². The third-order valence-corrected chi connectivity index (χ3v) is 0.455. The van der Waals surface area contributed by atoms with Crippen molar-refractivity contribution < 1.29 is 0 Å². The summed E-state index contributed by atoms with van der Waals surface area (Å²) in [6.45, 7) is 6.81. The first-order valence-corrected chi connectivity index (χ1v) is 2.84. The second-order valence-electron chi connectivity index (χ2n) is 1.31. The quantitative estimate of drug-likeness (QED) is 0.516. The Labute approximate surface area is 51.6 Å². The molecule has 0 heterocycles. The molecule has 2 heteroatoms. The molecule has 50 valence electrons. The van der Waals surface area contributed by atoms with Gasteiger partial charge in [-0.1, -0.05) is 13.0 Å². The zero-order chi connectivity index (χ0) is 6.83. The van der Waals surface area contributed by atoms with Crippen LogP contribution in [0.5, 0.6) is 0 Å². The Morgan fingerprint density at radius 2 is 1.75 bits per heavy atom. The zero-order valence-electron chi connectivity index (χ0n) is 5.56. The van der Waals surface area contributed by atoms with Gasteiger partial charge in [0.05, 0.1) is 0 Å². The average Bonchev–Trinajstić information content (AvgIpc) is 1.88. The summed E-state index contributed by atoms with van der Waals surface area (Å²) in [7, 11) is 0. The fourth-order valence-electron chi connectivity index (χ4n) is 0. The van der Waals surface area contributed by atoms with Crippen molar-refractivity contribution in [3.05, 3.63) is 12.7 Å². The molecule has 0 aliphatic rings. The molecule has 0 amide bonds. The molecule has 0 atom stereocenters. The molecule has 4 N–H and O–H groups in total. The maximum absolute atomic E-state index is 5.03. The number of hydrogen-bond donors (Lipinski definition) is 2. The Kier molecular flexibility index (Phi) is 21.1. The largest absolute Gasteiger partial charge is 0.330 e. The van der Waals surface area contributed by atoms with Crippen LogP contribution < -0.4 is 11.5 Å². The molecule has 0 saturated carbocycles. The van der Waals surface area contributed by atoms with Crippen LogP contribution in [0, 0.1) is 0 Å². The lowest BCUT2D eigenvalue weighted by Crippen LogP contribution is -1.93. The predicted octanol–water partition coefficient (Wildman–Crippen LogP) is 0.486. The third kappa shape index (κ3) is 44.6. The summed E-state index contributed by atoms with van der Waals surface area (Å²) in [6.07, 6.45) is 2.75. The van der Waals surface area contributed by atoms with Crippen LogP contribution in [0.3, 0.4) is 0 Å². The molecular weight excluding hydrogens is 100 g/mol. The molecule has 0 radical (unpaired) electrons. The van der Waals surface area contributed by atoms with Gasteiger partial charge in [0.1, 0.15) is 0 Å². The highest BCUT2D eigenvalue weighted by atomic mass is 14.5. The minimum absolute atomic E-state index is 0.583. The molecule has 0 bridgehead atoms. The van der Waals surface area contributed by atoms with Crippen molar-refractivity contribution in [2.45, 2.75) is 13.3 Å². The lowest BCUT2D eigenvalue weighted by Gasteiger charge is -1.70. The molecule has 2 nitrogen and oxygen atoms in total. The summed E-state index contributed by atoms with van der Waals surface area (Å²) in [5.74, 6) is 0.